The molecule has 110 valence electrons. The summed E-state index contributed by atoms with van der Waals surface area (Å²) >= 11 is 0. The van der Waals surface area contributed by atoms with Crippen LogP contribution in [0.4, 0.5) is 5.69 Å². The fourth-order valence-corrected chi connectivity index (χ4v) is 2.75. The zero-order chi connectivity index (χ0) is 14.4. The first-order chi connectivity index (χ1) is 9.77. The van der Waals surface area contributed by atoms with Crippen LogP contribution >= 0.6 is 0 Å². The zero-order valence-corrected chi connectivity index (χ0v) is 12.5. The van der Waals surface area contributed by atoms with Crippen LogP contribution in [0.25, 0.3) is 0 Å². The van der Waals surface area contributed by atoms with E-state index in [1.807, 2.05) is 0 Å². The van der Waals surface area contributed by atoms with Gasteiger partial charge in [-0.1, -0.05) is 32.0 Å². The summed E-state index contributed by atoms with van der Waals surface area (Å²) in [5.74, 6) is 0.148. The molecule has 0 spiro atoms. The van der Waals surface area contributed by atoms with Crippen molar-refractivity contribution in [3.05, 3.63) is 29.8 Å². The van der Waals surface area contributed by atoms with Gasteiger partial charge in [0.2, 0.25) is 5.91 Å². The van der Waals surface area contributed by atoms with E-state index in [9.17, 15) is 4.79 Å². The summed E-state index contributed by atoms with van der Waals surface area (Å²) in [5.41, 5.74) is 2.46. The second kappa shape index (κ2) is 7.29. The van der Waals surface area contributed by atoms with Gasteiger partial charge in [0, 0.05) is 25.3 Å². The standard InChI is InChI=1S/C16H25N3O/c1-3-9-17-12-13-7-5-6-8-15(13)19-11-10-18-16(20)14(19)4-2/h5-8,14,17H,3-4,9-12H2,1-2H3,(H,18,20). The molecule has 0 saturated carbocycles. The van der Waals surface area contributed by atoms with Crippen LogP contribution in [0, 0.1) is 0 Å². The largest absolute Gasteiger partial charge is 0.357 e. The Labute approximate surface area is 121 Å². The zero-order valence-electron chi connectivity index (χ0n) is 12.5. The van der Waals surface area contributed by atoms with E-state index in [-0.39, 0.29) is 11.9 Å². The molecular formula is C16H25N3O. The number of hydrogen-bond donors (Lipinski definition) is 2. The van der Waals surface area contributed by atoms with Crippen molar-refractivity contribution in [2.24, 2.45) is 0 Å². The number of benzene rings is 1. The molecule has 0 aromatic heterocycles. The lowest BCUT2D eigenvalue weighted by Gasteiger charge is -2.37. The lowest BCUT2D eigenvalue weighted by molar-refractivity contribution is -0.123. The van der Waals surface area contributed by atoms with Crippen LogP contribution in [0.3, 0.4) is 0 Å². The molecule has 2 N–H and O–H groups in total. The minimum absolute atomic E-state index is 0.0453. The van der Waals surface area contributed by atoms with Crippen LogP contribution in [-0.2, 0) is 11.3 Å². The molecule has 2 rings (SSSR count). The predicted molar refractivity (Wildman–Crippen MR) is 82.9 cm³/mol. The fraction of sp³-hybridized carbons (Fsp3) is 0.562. The van der Waals surface area contributed by atoms with E-state index in [0.717, 1.165) is 39.0 Å². The second-order valence-electron chi connectivity index (χ2n) is 5.21. The average Bonchev–Trinajstić information content (AvgIpc) is 2.48. The first kappa shape index (κ1) is 14.9. The van der Waals surface area contributed by atoms with Gasteiger partial charge in [-0.05, 0) is 31.0 Å². The van der Waals surface area contributed by atoms with Gasteiger partial charge in [-0.2, -0.15) is 0 Å². The van der Waals surface area contributed by atoms with E-state index in [1.54, 1.807) is 0 Å². The van der Waals surface area contributed by atoms with Gasteiger partial charge < -0.3 is 15.5 Å². The molecule has 1 unspecified atom stereocenters. The van der Waals surface area contributed by atoms with Crippen LogP contribution in [0.1, 0.15) is 32.3 Å². The normalized spacial score (nSPS) is 19.0. The molecular weight excluding hydrogens is 250 g/mol. The fourth-order valence-electron chi connectivity index (χ4n) is 2.75. The minimum atomic E-state index is -0.0453. The number of amides is 1. The maximum atomic E-state index is 12.0. The van der Waals surface area contributed by atoms with Crippen molar-refractivity contribution >= 4 is 11.6 Å². The van der Waals surface area contributed by atoms with Gasteiger partial charge in [0.15, 0.2) is 0 Å². The van der Waals surface area contributed by atoms with Crippen LogP contribution in [0.5, 0.6) is 0 Å². The van der Waals surface area contributed by atoms with Crippen LogP contribution in [0.2, 0.25) is 0 Å². The first-order valence-electron chi connectivity index (χ1n) is 7.60. The molecule has 1 amide bonds. The Morgan fingerprint density at radius 2 is 2.15 bits per heavy atom. The Morgan fingerprint density at radius 3 is 2.90 bits per heavy atom. The van der Waals surface area contributed by atoms with Gasteiger partial charge in [0.25, 0.3) is 0 Å². The number of rotatable bonds is 6. The summed E-state index contributed by atoms with van der Waals surface area (Å²) in [6.07, 6.45) is 1.97. The van der Waals surface area contributed by atoms with Gasteiger partial charge in [0.05, 0.1) is 0 Å². The van der Waals surface area contributed by atoms with Gasteiger partial charge >= 0.3 is 0 Å². The molecule has 4 nitrogen and oxygen atoms in total. The number of nitrogens with one attached hydrogen (secondary N) is 2. The lowest BCUT2D eigenvalue weighted by atomic mass is 10.1. The van der Waals surface area contributed by atoms with Crippen molar-refractivity contribution in [3.8, 4) is 0 Å². The van der Waals surface area contributed by atoms with E-state index in [0.29, 0.717) is 0 Å². The molecule has 1 aromatic rings. The molecule has 1 fully saturated rings. The molecule has 1 atom stereocenters. The molecule has 1 aromatic carbocycles. The third-order valence-electron chi connectivity index (χ3n) is 3.76. The number of hydrogen-bond acceptors (Lipinski definition) is 3. The van der Waals surface area contributed by atoms with Crippen molar-refractivity contribution in [1.29, 1.82) is 0 Å². The quantitative estimate of drug-likeness (QED) is 0.779. The lowest BCUT2D eigenvalue weighted by Crippen LogP contribution is -2.55. The van der Waals surface area contributed by atoms with Crippen molar-refractivity contribution in [2.75, 3.05) is 24.5 Å². The summed E-state index contributed by atoms with van der Waals surface area (Å²) < 4.78 is 0. The number of carbonyl (C=O) groups is 1. The highest BCUT2D eigenvalue weighted by Gasteiger charge is 2.29. The Kier molecular flexibility index (Phi) is 5.41. The monoisotopic (exact) mass is 275 g/mol. The summed E-state index contributed by atoms with van der Waals surface area (Å²) in [7, 11) is 0. The summed E-state index contributed by atoms with van der Waals surface area (Å²) in [6.45, 7) is 7.73. The van der Waals surface area contributed by atoms with Crippen LogP contribution in [-0.4, -0.2) is 31.6 Å². The van der Waals surface area contributed by atoms with Crippen molar-refractivity contribution in [2.45, 2.75) is 39.3 Å². The van der Waals surface area contributed by atoms with Gasteiger partial charge in [-0.25, -0.2) is 0 Å². The second-order valence-corrected chi connectivity index (χ2v) is 5.21. The molecule has 1 saturated heterocycles. The Balaban J connectivity index is 2.19. The highest BCUT2D eigenvalue weighted by molar-refractivity contribution is 5.86. The number of piperazine rings is 1. The molecule has 0 radical (unpaired) electrons. The Bertz CT molecular complexity index is 447. The summed E-state index contributed by atoms with van der Waals surface area (Å²) in [6, 6.07) is 8.35. The van der Waals surface area contributed by atoms with Crippen molar-refractivity contribution in [1.82, 2.24) is 10.6 Å². The number of carbonyl (C=O) groups excluding carboxylic acids is 1. The molecule has 0 aliphatic carbocycles. The summed E-state index contributed by atoms with van der Waals surface area (Å²) in [5, 5.41) is 6.41. The molecule has 1 aliphatic heterocycles. The van der Waals surface area contributed by atoms with E-state index in [1.165, 1.54) is 11.3 Å². The number of nitrogens with zero attached hydrogens (tertiary/aromatic N) is 1. The van der Waals surface area contributed by atoms with E-state index in [2.05, 4.69) is 53.6 Å². The van der Waals surface area contributed by atoms with Crippen molar-refractivity contribution in [3.63, 3.8) is 0 Å². The third kappa shape index (κ3) is 3.31. The van der Waals surface area contributed by atoms with Gasteiger partial charge in [0.1, 0.15) is 6.04 Å². The third-order valence-corrected chi connectivity index (χ3v) is 3.76. The highest BCUT2D eigenvalue weighted by Crippen LogP contribution is 2.24. The molecule has 4 heteroatoms. The van der Waals surface area contributed by atoms with Gasteiger partial charge in [-0.3, -0.25) is 4.79 Å². The number of anilines is 1. The Hall–Kier alpha value is -1.55. The maximum Gasteiger partial charge on any atom is 0.242 e. The predicted octanol–water partition coefficient (Wildman–Crippen LogP) is 1.90. The highest BCUT2D eigenvalue weighted by atomic mass is 16.2. The molecule has 1 aliphatic rings. The smallest absolute Gasteiger partial charge is 0.242 e. The van der Waals surface area contributed by atoms with Gasteiger partial charge in [-0.15, -0.1) is 0 Å². The SMILES string of the molecule is CCCNCc1ccccc1N1CCNC(=O)C1CC. The number of para-hydroxylation sites is 1. The minimum Gasteiger partial charge on any atom is -0.357 e. The summed E-state index contributed by atoms with van der Waals surface area (Å²) in [4.78, 5) is 14.3. The molecule has 1 heterocycles. The molecule has 0 bridgehead atoms. The van der Waals surface area contributed by atoms with E-state index in [4.69, 9.17) is 0 Å². The molecule has 20 heavy (non-hydrogen) atoms. The van der Waals surface area contributed by atoms with E-state index >= 15 is 0 Å². The average molecular weight is 275 g/mol. The maximum absolute atomic E-state index is 12.0. The van der Waals surface area contributed by atoms with Crippen LogP contribution in [0.15, 0.2) is 24.3 Å². The topological polar surface area (TPSA) is 44.4 Å². The first-order valence-corrected chi connectivity index (χ1v) is 7.60. The Morgan fingerprint density at radius 1 is 1.35 bits per heavy atom. The van der Waals surface area contributed by atoms with Crippen molar-refractivity contribution < 1.29 is 4.79 Å². The van der Waals surface area contributed by atoms with E-state index < -0.39 is 0 Å². The van der Waals surface area contributed by atoms with Crippen LogP contribution < -0.4 is 15.5 Å².